The van der Waals surface area contributed by atoms with Crippen LogP contribution in [0.1, 0.15) is 26.3 Å². The van der Waals surface area contributed by atoms with Crippen molar-refractivity contribution in [2.24, 2.45) is 0 Å². The van der Waals surface area contributed by atoms with Crippen LogP contribution in [-0.2, 0) is 23.1 Å². The highest BCUT2D eigenvalue weighted by Crippen LogP contribution is 2.57. The molecule has 0 saturated heterocycles. The van der Waals surface area contributed by atoms with Gasteiger partial charge in [0, 0.05) is 0 Å². The minimum atomic E-state index is -3.75. The van der Waals surface area contributed by atoms with Crippen LogP contribution in [0.5, 0.6) is 0 Å². The third-order valence-electron chi connectivity index (χ3n) is 3.45. The molecule has 0 heterocycles. The van der Waals surface area contributed by atoms with Crippen molar-refractivity contribution in [1.29, 1.82) is 0 Å². The molecule has 0 unspecified atom stereocenters. The molecule has 25 heavy (non-hydrogen) atoms. The van der Waals surface area contributed by atoms with Crippen molar-refractivity contribution in [1.82, 2.24) is 0 Å². The van der Waals surface area contributed by atoms with Gasteiger partial charge in [-0.15, -0.1) is 0 Å². The standard InChI is InChI=1S/C19H23O5P/c1-4-22-19(20)18(25(21,23-5-2)24-6-3)14-15-11-12-16-9-7-8-10-17(16)13-15/h7-14H,4-6H2,1-3H3/b18-14-. The van der Waals surface area contributed by atoms with Crippen molar-refractivity contribution in [3.63, 3.8) is 0 Å². The number of esters is 1. The van der Waals surface area contributed by atoms with Crippen LogP contribution in [0.15, 0.2) is 47.8 Å². The summed E-state index contributed by atoms with van der Waals surface area (Å²) in [6, 6.07) is 13.6. The van der Waals surface area contributed by atoms with Crippen LogP contribution in [0, 0.1) is 0 Å². The molecule has 0 aromatic heterocycles. The van der Waals surface area contributed by atoms with Crippen LogP contribution in [0.2, 0.25) is 0 Å². The van der Waals surface area contributed by atoms with Gasteiger partial charge in [0.25, 0.3) is 0 Å². The molecular formula is C19H23O5P. The molecule has 0 spiro atoms. The van der Waals surface area contributed by atoms with Crippen molar-refractivity contribution in [3.05, 3.63) is 53.3 Å². The topological polar surface area (TPSA) is 61.8 Å². The number of hydrogen-bond donors (Lipinski definition) is 0. The maximum Gasteiger partial charge on any atom is 0.368 e. The number of carbonyl (C=O) groups is 1. The van der Waals surface area contributed by atoms with Gasteiger partial charge < -0.3 is 13.8 Å². The summed E-state index contributed by atoms with van der Waals surface area (Å²) in [5.74, 6) is -0.694. The lowest BCUT2D eigenvalue weighted by Gasteiger charge is -2.19. The van der Waals surface area contributed by atoms with Gasteiger partial charge >= 0.3 is 13.6 Å². The number of hydrogen-bond acceptors (Lipinski definition) is 5. The van der Waals surface area contributed by atoms with Crippen molar-refractivity contribution >= 4 is 30.4 Å². The highest BCUT2D eigenvalue weighted by Gasteiger charge is 2.36. The Hall–Kier alpha value is -1.94. The van der Waals surface area contributed by atoms with E-state index in [1.807, 2.05) is 42.5 Å². The van der Waals surface area contributed by atoms with Crippen LogP contribution in [0.25, 0.3) is 16.8 Å². The molecule has 0 N–H and O–H groups in total. The first-order valence-electron chi connectivity index (χ1n) is 8.31. The lowest BCUT2D eigenvalue weighted by Crippen LogP contribution is -2.11. The lowest BCUT2D eigenvalue weighted by molar-refractivity contribution is -0.137. The summed E-state index contributed by atoms with van der Waals surface area (Å²) in [5, 5.41) is 2.01. The van der Waals surface area contributed by atoms with Gasteiger partial charge in [-0.25, -0.2) is 4.79 Å². The summed E-state index contributed by atoms with van der Waals surface area (Å²) >= 11 is 0. The molecule has 0 aliphatic rings. The minimum Gasteiger partial charge on any atom is -0.462 e. The smallest absolute Gasteiger partial charge is 0.368 e. The summed E-state index contributed by atoms with van der Waals surface area (Å²) in [6.07, 6.45) is 1.52. The Kier molecular flexibility index (Phi) is 6.94. The monoisotopic (exact) mass is 362 g/mol. The maximum atomic E-state index is 13.1. The van der Waals surface area contributed by atoms with E-state index in [1.54, 1.807) is 20.8 Å². The summed E-state index contributed by atoms with van der Waals surface area (Å²) in [5.41, 5.74) is 0.724. The van der Waals surface area contributed by atoms with Gasteiger partial charge in [0.2, 0.25) is 0 Å². The van der Waals surface area contributed by atoms with Crippen molar-refractivity contribution in [3.8, 4) is 0 Å². The Labute approximate surface area is 148 Å². The quantitative estimate of drug-likeness (QED) is 0.375. The number of ether oxygens (including phenoxy) is 1. The Morgan fingerprint density at radius 3 is 2.20 bits per heavy atom. The zero-order chi connectivity index (χ0) is 18.3. The van der Waals surface area contributed by atoms with Gasteiger partial charge in [0.05, 0.1) is 19.8 Å². The molecule has 134 valence electrons. The normalized spacial score (nSPS) is 12.4. The largest absolute Gasteiger partial charge is 0.462 e. The zero-order valence-corrected chi connectivity index (χ0v) is 15.6. The van der Waals surface area contributed by atoms with Crippen molar-refractivity contribution < 1.29 is 23.1 Å². The number of fused-ring (bicyclic) bond motifs is 1. The summed E-state index contributed by atoms with van der Waals surface area (Å²) in [6.45, 7) is 5.58. The Morgan fingerprint density at radius 1 is 0.960 bits per heavy atom. The second-order valence-corrected chi connectivity index (χ2v) is 7.18. The lowest BCUT2D eigenvalue weighted by atomic mass is 10.1. The Morgan fingerprint density at radius 2 is 1.60 bits per heavy atom. The molecule has 0 bridgehead atoms. The average Bonchev–Trinajstić information content (AvgIpc) is 2.60. The van der Waals surface area contributed by atoms with E-state index in [4.69, 9.17) is 13.8 Å². The average molecular weight is 362 g/mol. The molecule has 6 heteroatoms. The predicted molar refractivity (Wildman–Crippen MR) is 99.4 cm³/mol. The van der Waals surface area contributed by atoms with Crippen molar-refractivity contribution in [2.75, 3.05) is 19.8 Å². The van der Waals surface area contributed by atoms with Gasteiger partial charge in [-0.3, -0.25) is 4.57 Å². The molecule has 5 nitrogen and oxygen atoms in total. The SMILES string of the molecule is CCOC(=O)/C(=C/c1ccc2ccccc2c1)P(=O)(OCC)OCC. The first kappa shape index (κ1) is 19.4. The van der Waals surface area contributed by atoms with Crippen LogP contribution >= 0.6 is 7.60 Å². The van der Waals surface area contributed by atoms with Gasteiger partial charge in [0.1, 0.15) is 5.31 Å². The Bertz CT molecular complexity index is 802. The van der Waals surface area contributed by atoms with Crippen LogP contribution in [-0.4, -0.2) is 25.8 Å². The van der Waals surface area contributed by atoms with E-state index in [0.29, 0.717) is 0 Å². The molecular weight excluding hydrogens is 339 g/mol. The van der Waals surface area contributed by atoms with E-state index in [9.17, 15) is 9.36 Å². The Balaban J connectivity index is 2.53. The first-order chi connectivity index (χ1) is 12.0. The molecule has 0 aliphatic heterocycles. The van der Waals surface area contributed by atoms with Gasteiger partial charge in [0.15, 0.2) is 0 Å². The molecule has 0 amide bonds. The first-order valence-corrected chi connectivity index (χ1v) is 9.85. The maximum absolute atomic E-state index is 13.1. The minimum absolute atomic E-state index is 0.0895. The molecule has 0 radical (unpaired) electrons. The van der Waals surface area contributed by atoms with Crippen molar-refractivity contribution in [2.45, 2.75) is 20.8 Å². The van der Waals surface area contributed by atoms with E-state index in [2.05, 4.69) is 0 Å². The van der Waals surface area contributed by atoms with E-state index in [1.165, 1.54) is 6.08 Å². The second kappa shape index (κ2) is 8.95. The molecule has 0 aliphatic carbocycles. The third-order valence-corrected chi connectivity index (χ3v) is 5.55. The van der Waals surface area contributed by atoms with E-state index >= 15 is 0 Å². The molecule has 0 fully saturated rings. The number of carbonyl (C=O) groups excluding carboxylic acids is 1. The fourth-order valence-electron chi connectivity index (χ4n) is 2.43. The molecule has 2 aromatic rings. The van der Waals surface area contributed by atoms with Gasteiger partial charge in [-0.2, -0.15) is 0 Å². The van der Waals surface area contributed by atoms with Crippen LogP contribution in [0.3, 0.4) is 0 Å². The van der Waals surface area contributed by atoms with E-state index in [0.717, 1.165) is 16.3 Å². The van der Waals surface area contributed by atoms with Crippen LogP contribution in [0.4, 0.5) is 0 Å². The summed E-state index contributed by atoms with van der Waals surface area (Å²) < 4.78 is 28.8. The van der Waals surface area contributed by atoms with Gasteiger partial charge in [-0.1, -0.05) is 36.4 Å². The highest BCUT2D eigenvalue weighted by atomic mass is 31.2. The van der Waals surface area contributed by atoms with E-state index < -0.39 is 13.6 Å². The molecule has 2 aromatic carbocycles. The zero-order valence-electron chi connectivity index (χ0n) is 14.7. The number of rotatable bonds is 8. The third kappa shape index (κ3) is 4.79. The summed E-state index contributed by atoms with van der Waals surface area (Å²) in [7, 11) is -3.75. The highest BCUT2D eigenvalue weighted by molar-refractivity contribution is 7.60. The second-order valence-electron chi connectivity index (χ2n) is 5.19. The fraction of sp³-hybridized carbons (Fsp3) is 0.316. The molecule has 0 saturated carbocycles. The predicted octanol–water partition coefficient (Wildman–Crippen LogP) is 5.01. The molecule has 0 atom stereocenters. The summed E-state index contributed by atoms with van der Waals surface area (Å²) in [4.78, 5) is 12.4. The fourth-order valence-corrected chi connectivity index (χ4v) is 4.05. The molecule has 2 rings (SSSR count). The van der Waals surface area contributed by atoms with Crippen LogP contribution < -0.4 is 0 Å². The van der Waals surface area contributed by atoms with Gasteiger partial charge in [-0.05, 0) is 49.2 Å². The van der Waals surface area contributed by atoms with E-state index in [-0.39, 0.29) is 25.1 Å². The number of benzene rings is 2.